The lowest BCUT2D eigenvalue weighted by Crippen LogP contribution is -2.26. The Morgan fingerprint density at radius 3 is 2.56 bits per heavy atom. The molecule has 0 bridgehead atoms. The SMILES string of the molecule is Cc1c(NC(=O)COc2ccc3ccccc3c2)c(C(=O)N(C)C)nn1C. The van der Waals surface area contributed by atoms with Crippen LogP contribution in [-0.2, 0) is 11.8 Å². The van der Waals surface area contributed by atoms with Gasteiger partial charge in [-0.3, -0.25) is 14.3 Å². The molecule has 0 unspecified atom stereocenters. The van der Waals surface area contributed by atoms with Gasteiger partial charge in [-0.25, -0.2) is 0 Å². The van der Waals surface area contributed by atoms with Gasteiger partial charge in [-0.05, 0) is 29.8 Å². The first-order valence-electron chi connectivity index (χ1n) is 8.53. The van der Waals surface area contributed by atoms with Crippen LogP contribution in [0.3, 0.4) is 0 Å². The van der Waals surface area contributed by atoms with Gasteiger partial charge in [-0.15, -0.1) is 0 Å². The monoisotopic (exact) mass is 366 g/mol. The highest BCUT2D eigenvalue weighted by Gasteiger charge is 2.22. The summed E-state index contributed by atoms with van der Waals surface area (Å²) in [5, 5.41) is 9.10. The third-order valence-corrected chi connectivity index (χ3v) is 4.30. The largest absolute Gasteiger partial charge is 0.484 e. The summed E-state index contributed by atoms with van der Waals surface area (Å²) in [6.45, 7) is 1.63. The van der Waals surface area contributed by atoms with Gasteiger partial charge in [0.05, 0.1) is 11.4 Å². The van der Waals surface area contributed by atoms with Crippen molar-refractivity contribution in [3.8, 4) is 5.75 Å². The first kappa shape index (κ1) is 18.4. The van der Waals surface area contributed by atoms with Gasteiger partial charge in [0.15, 0.2) is 12.3 Å². The Morgan fingerprint density at radius 2 is 1.85 bits per heavy atom. The second kappa shape index (κ2) is 7.49. The third-order valence-electron chi connectivity index (χ3n) is 4.30. The van der Waals surface area contributed by atoms with Crippen LogP contribution in [0.25, 0.3) is 10.8 Å². The number of benzene rings is 2. The van der Waals surface area contributed by atoms with E-state index < -0.39 is 0 Å². The molecule has 27 heavy (non-hydrogen) atoms. The molecule has 0 aliphatic carbocycles. The lowest BCUT2D eigenvalue weighted by atomic mass is 10.1. The van der Waals surface area contributed by atoms with Crippen molar-refractivity contribution in [1.29, 1.82) is 0 Å². The Kier molecular flexibility index (Phi) is 5.12. The van der Waals surface area contributed by atoms with Gasteiger partial charge in [0.25, 0.3) is 11.8 Å². The number of ether oxygens (including phenoxy) is 1. The summed E-state index contributed by atoms with van der Waals surface area (Å²) in [6.07, 6.45) is 0. The summed E-state index contributed by atoms with van der Waals surface area (Å²) in [5.74, 6) is -0.0205. The van der Waals surface area contributed by atoms with Crippen LogP contribution in [0, 0.1) is 6.92 Å². The minimum Gasteiger partial charge on any atom is -0.484 e. The van der Waals surface area contributed by atoms with Crippen molar-refractivity contribution < 1.29 is 14.3 Å². The van der Waals surface area contributed by atoms with E-state index in [2.05, 4.69) is 10.4 Å². The van der Waals surface area contributed by atoms with Crippen LogP contribution in [0.1, 0.15) is 16.2 Å². The Balaban J connectivity index is 1.71. The Labute approximate surface area is 157 Å². The van der Waals surface area contributed by atoms with Gasteiger partial charge in [-0.1, -0.05) is 30.3 Å². The first-order chi connectivity index (χ1) is 12.9. The number of nitrogens with zero attached hydrogens (tertiary/aromatic N) is 3. The van der Waals surface area contributed by atoms with Gasteiger partial charge in [-0.2, -0.15) is 5.10 Å². The molecule has 1 aromatic heterocycles. The van der Waals surface area contributed by atoms with Gasteiger partial charge < -0.3 is 15.0 Å². The van der Waals surface area contributed by atoms with Crippen LogP contribution < -0.4 is 10.1 Å². The molecule has 0 fully saturated rings. The molecule has 7 heteroatoms. The van der Waals surface area contributed by atoms with Crippen LogP contribution >= 0.6 is 0 Å². The number of carbonyl (C=O) groups excluding carboxylic acids is 2. The fraction of sp³-hybridized carbons (Fsp3) is 0.250. The number of carbonyl (C=O) groups is 2. The van der Waals surface area contributed by atoms with E-state index in [1.54, 1.807) is 32.7 Å². The molecule has 0 saturated heterocycles. The lowest BCUT2D eigenvalue weighted by Gasteiger charge is -2.11. The second-order valence-corrected chi connectivity index (χ2v) is 6.48. The molecule has 140 valence electrons. The van der Waals surface area contributed by atoms with Crippen molar-refractivity contribution in [2.24, 2.45) is 7.05 Å². The standard InChI is InChI=1S/C20H22N4O3/c1-13-18(19(22-24(13)4)20(26)23(2)3)21-17(25)12-27-16-10-9-14-7-5-6-8-15(14)11-16/h5-11H,12H2,1-4H3,(H,21,25). The zero-order valence-corrected chi connectivity index (χ0v) is 15.8. The molecule has 1 N–H and O–H groups in total. The van der Waals surface area contributed by atoms with Crippen molar-refractivity contribution in [1.82, 2.24) is 14.7 Å². The molecule has 0 atom stereocenters. The third kappa shape index (κ3) is 3.92. The summed E-state index contributed by atoms with van der Waals surface area (Å²) >= 11 is 0. The van der Waals surface area contributed by atoms with Crippen molar-refractivity contribution in [3.63, 3.8) is 0 Å². The molecule has 0 spiro atoms. The van der Waals surface area contributed by atoms with Crippen molar-refractivity contribution in [3.05, 3.63) is 53.9 Å². The van der Waals surface area contributed by atoms with E-state index in [0.717, 1.165) is 10.8 Å². The molecule has 1 heterocycles. The van der Waals surface area contributed by atoms with Crippen molar-refractivity contribution >= 4 is 28.3 Å². The molecule has 2 amide bonds. The highest BCUT2D eigenvalue weighted by Crippen LogP contribution is 2.22. The lowest BCUT2D eigenvalue weighted by molar-refractivity contribution is -0.118. The van der Waals surface area contributed by atoms with Gasteiger partial charge >= 0.3 is 0 Å². The zero-order valence-electron chi connectivity index (χ0n) is 15.8. The first-order valence-corrected chi connectivity index (χ1v) is 8.53. The Morgan fingerprint density at radius 1 is 1.15 bits per heavy atom. The number of anilines is 1. The van der Waals surface area contributed by atoms with Crippen LogP contribution in [0.2, 0.25) is 0 Å². The maximum Gasteiger partial charge on any atom is 0.276 e. The van der Waals surface area contributed by atoms with E-state index in [0.29, 0.717) is 17.1 Å². The molecular weight excluding hydrogens is 344 g/mol. The van der Waals surface area contributed by atoms with Crippen LogP contribution in [-0.4, -0.2) is 47.2 Å². The quantitative estimate of drug-likeness (QED) is 0.753. The predicted molar refractivity (Wildman–Crippen MR) is 104 cm³/mol. The number of amides is 2. The number of hydrogen-bond acceptors (Lipinski definition) is 4. The van der Waals surface area contributed by atoms with E-state index in [-0.39, 0.29) is 24.1 Å². The van der Waals surface area contributed by atoms with E-state index in [4.69, 9.17) is 4.74 Å². The van der Waals surface area contributed by atoms with Gasteiger partial charge in [0.2, 0.25) is 0 Å². The smallest absolute Gasteiger partial charge is 0.276 e. The second-order valence-electron chi connectivity index (χ2n) is 6.48. The van der Waals surface area contributed by atoms with E-state index in [9.17, 15) is 9.59 Å². The topological polar surface area (TPSA) is 76.5 Å². The minimum atomic E-state index is -0.355. The number of aryl methyl sites for hydroxylation is 1. The maximum absolute atomic E-state index is 12.4. The minimum absolute atomic E-state index is 0.164. The summed E-state index contributed by atoms with van der Waals surface area (Å²) in [4.78, 5) is 26.1. The van der Waals surface area contributed by atoms with Crippen LogP contribution in [0.4, 0.5) is 5.69 Å². The molecule has 0 radical (unpaired) electrons. The zero-order chi connectivity index (χ0) is 19.6. The predicted octanol–water partition coefficient (Wildman–Crippen LogP) is 2.60. The van der Waals surface area contributed by atoms with E-state index in [1.165, 1.54) is 4.90 Å². The van der Waals surface area contributed by atoms with E-state index >= 15 is 0 Å². The Hall–Kier alpha value is -3.35. The molecule has 0 saturated carbocycles. The number of rotatable bonds is 5. The van der Waals surface area contributed by atoms with Crippen molar-refractivity contribution in [2.45, 2.75) is 6.92 Å². The summed E-state index contributed by atoms with van der Waals surface area (Å²) in [5.41, 5.74) is 1.31. The molecule has 2 aromatic carbocycles. The van der Waals surface area contributed by atoms with Gasteiger partial charge in [0, 0.05) is 21.1 Å². The summed E-state index contributed by atoms with van der Waals surface area (Å²) < 4.78 is 7.17. The highest BCUT2D eigenvalue weighted by atomic mass is 16.5. The number of aromatic nitrogens is 2. The molecule has 0 aliphatic heterocycles. The Bertz CT molecular complexity index is 1010. The number of hydrogen-bond donors (Lipinski definition) is 1. The van der Waals surface area contributed by atoms with Crippen molar-refractivity contribution in [2.75, 3.05) is 26.0 Å². The normalized spacial score (nSPS) is 10.7. The van der Waals surface area contributed by atoms with Crippen LogP contribution in [0.5, 0.6) is 5.75 Å². The summed E-state index contributed by atoms with van der Waals surface area (Å²) in [7, 11) is 5.00. The molecule has 3 aromatic rings. The van der Waals surface area contributed by atoms with E-state index in [1.807, 2.05) is 42.5 Å². The number of fused-ring (bicyclic) bond motifs is 1. The highest BCUT2D eigenvalue weighted by molar-refractivity contribution is 6.03. The molecule has 7 nitrogen and oxygen atoms in total. The van der Waals surface area contributed by atoms with Gasteiger partial charge in [0.1, 0.15) is 5.75 Å². The molecule has 3 rings (SSSR count). The average molecular weight is 366 g/mol. The van der Waals surface area contributed by atoms with Crippen LogP contribution in [0.15, 0.2) is 42.5 Å². The summed E-state index contributed by atoms with van der Waals surface area (Å²) in [6, 6.07) is 13.6. The molecule has 0 aliphatic rings. The maximum atomic E-state index is 12.4. The number of nitrogens with one attached hydrogen (secondary N) is 1. The average Bonchev–Trinajstić information content (AvgIpc) is 2.93. The fourth-order valence-corrected chi connectivity index (χ4v) is 2.70. The molecular formula is C20H22N4O3. The fourth-order valence-electron chi connectivity index (χ4n) is 2.70.